The van der Waals surface area contributed by atoms with Gasteiger partial charge in [0.25, 0.3) is 0 Å². The molecule has 0 unspecified atom stereocenters. The van der Waals surface area contributed by atoms with E-state index in [0.717, 1.165) is 36.5 Å². The number of carboxylic acid groups (broad SMARTS) is 6. The number of ether oxygens (including phenoxy) is 1. The number of nitrogens with two attached hydrogens (primary N) is 1. The number of rotatable bonds is 7. The maximum absolute atomic E-state index is 9.60. The first kappa shape index (κ1) is 48.1. The number of aliphatic carboxylic acids is 6. The Kier molecular flexibility index (Phi) is 58.0. The van der Waals surface area contributed by atoms with Crippen molar-refractivity contribution in [1.82, 2.24) is 0 Å². The van der Waals surface area contributed by atoms with Gasteiger partial charge >= 0.3 is 41.9 Å². The molecule has 0 fully saturated rings. The normalized spacial score (nSPS) is 6.58. The van der Waals surface area contributed by atoms with Gasteiger partial charge in [-0.2, -0.15) is 0 Å². The van der Waals surface area contributed by atoms with Gasteiger partial charge in [-0.25, -0.2) is 33.6 Å². The Morgan fingerprint density at radius 1 is 0.528 bits per heavy atom. The number of carbonyl (C=O) groups excluding carboxylic acids is 1. The largest absolute Gasteiger partial charge is 0.478 e. The van der Waals surface area contributed by atoms with Gasteiger partial charge in [0.15, 0.2) is 0 Å². The first-order chi connectivity index (χ1) is 16.4. The number of carboxylic acids is 6. The highest BCUT2D eigenvalue weighted by molar-refractivity contribution is 5.80. The second-order valence-corrected chi connectivity index (χ2v) is 4.01. The van der Waals surface area contributed by atoms with Crippen LogP contribution in [0.4, 0.5) is 4.79 Å². The number of hydrogen-bond acceptors (Lipinski definition) is 8. The monoisotopic (exact) mass is 521 g/mol. The topological polar surface area (TPSA) is 276 Å². The Bertz CT molecular complexity index is 599. The van der Waals surface area contributed by atoms with E-state index in [1.54, 1.807) is 6.92 Å². The van der Waals surface area contributed by atoms with Crippen LogP contribution in [0.25, 0.3) is 0 Å². The lowest BCUT2D eigenvalue weighted by Gasteiger charge is -1.89. The van der Waals surface area contributed by atoms with Crippen molar-refractivity contribution in [3.8, 4) is 0 Å². The highest BCUT2D eigenvalue weighted by Crippen LogP contribution is 1.66. The molecule has 8 N–H and O–H groups in total. The highest BCUT2D eigenvalue weighted by Gasteiger charge is 1.82. The van der Waals surface area contributed by atoms with E-state index in [1.165, 1.54) is 0 Å². The van der Waals surface area contributed by atoms with E-state index >= 15 is 0 Å². The Balaban J connectivity index is -0.0000000546. The molecule has 0 radical (unpaired) electrons. The molecule has 0 aromatic heterocycles. The van der Waals surface area contributed by atoms with E-state index in [4.69, 9.17) is 30.6 Å². The number of hydrogen-bond donors (Lipinski definition) is 7. The maximum Gasteiger partial charge on any atom is 0.404 e. The van der Waals surface area contributed by atoms with Gasteiger partial charge in [0, 0.05) is 36.5 Å². The summed E-state index contributed by atoms with van der Waals surface area (Å²) in [6, 6.07) is 0. The van der Waals surface area contributed by atoms with Crippen LogP contribution in [-0.4, -0.2) is 79.2 Å². The summed E-state index contributed by atoms with van der Waals surface area (Å²) in [6.07, 6.45) is 4.29. The van der Waals surface area contributed by atoms with Gasteiger partial charge in [0.1, 0.15) is 0 Å². The second kappa shape index (κ2) is 43.4. The summed E-state index contributed by atoms with van der Waals surface area (Å²) in [6.45, 7) is 19.8. The summed E-state index contributed by atoms with van der Waals surface area (Å²) in [5.74, 6) is -5.89. The second-order valence-electron chi connectivity index (χ2n) is 4.01. The fourth-order valence-corrected chi connectivity index (χ4v) is 0.142. The number of primary amides is 1. The SMILES string of the molecule is C=CC(=O)O.C=CC(=O)O.C=CC(=O)O.C=CC(=O)O.C=CC(=O)O.C=CC(=O)O.CCOC(N)=O. The van der Waals surface area contributed by atoms with E-state index in [9.17, 15) is 33.6 Å². The third-order valence-electron chi connectivity index (χ3n) is 1.33. The van der Waals surface area contributed by atoms with Crippen LogP contribution < -0.4 is 5.73 Å². The van der Waals surface area contributed by atoms with Crippen molar-refractivity contribution >= 4 is 41.9 Å². The predicted molar refractivity (Wildman–Crippen MR) is 128 cm³/mol. The zero-order valence-corrected chi connectivity index (χ0v) is 19.4. The predicted octanol–water partition coefficient (Wildman–Crippen LogP) is 1.64. The third-order valence-corrected chi connectivity index (χ3v) is 1.33. The summed E-state index contributed by atoms with van der Waals surface area (Å²) >= 11 is 0. The standard InChI is InChI=1S/C3H7NO2.6C3H4O2/c1-2-6-3(4)5;6*1-2-3(4)5/h2H2,1H3,(H2,4,5);6*2H,1H2,(H,4,5). The summed E-state index contributed by atoms with van der Waals surface area (Å²) < 4.78 is 4.18. The van der Waals surface area contributed by atoms with Crippen LogP contribution >= 0.6 is 0 Å². The van der Waals surface area contributed by atoms with Crippen LogP contribution in [0.2, 0.25) is 0 Å². The molecule has 36 heavy (non-hydrogen) atoms. The molecule has 0 spiro atoms. The van der Waals surface area contributed by atoms with Crippen LogP contribution in [0.1, 0.15) is 6.92 Å². The summed E-state index contributed by atoms with van der Waals surface area (Å²) in [5.41, 5.74) is 4.54. The summed E-state index contributed by atoms with van der Waals surface area (Å²) in [4.78, 5) is 65.1. The molecule has 204 valence electrons. The molecule has 0 bridgehead atoms. The number of carbonyl (C=O) groups is 7. The van der Waals surface area contributed by atoms with Crippen molar-refractivity contribution in [3.05, 3.63) is 75.9 Å². The molecule has 15 nitrogen and oxygen atoms in total. The third kappa shape index (κ3) is 238. The van der Waals surface area contributed by atoms with Crippen molar-refractivity contribution < 1.29 is 68.9 Å². The summed E-state index contributed by atoms with van der Waals surface area (Å²) in [7, 11) is 0. The molecule has 0 heterocycles. The Hall–Kier alpha value is -5.47. The molecule has 0 aromatic carbocycles. The Morgan fingerprint density at radius 2 is 0.639 bits per heavy atom. The van der Waals surface area contributed by atoms with Gasteiger partial charge in [0.05, 0.1) is 6.61 Å². The Morgan fingerprint density at radius 3 is 0.639 bits per heavy atom. The van der Waals surface area contributed by atoms with Crippen molar-refractivity contribution in [2.75, 3.05) is 6.61 Å². The molecule has 1 amide bonds. The van der Waals surface area contributed by atoms with Gasteiger partial charge in [-0.1, -0.05) is 39.5 Å². The molecule has 15 heteroatoms. The van der Waals surface area contributed by atoms with Crippen molar-refractivity contribution in [2.24, 2.45) is 5.73 Å². The highest BCUT2D eigenvalue weighted by atomic mass is 16.5. The van der Waals surface area contributed by atoms with E-state index in [-0.39, 0.29) is 0 Å². The zero-order chi connectivity index (χ0) is 30.7. The number of amides is 1. The Labute approximate surface area is 206 Å². The van der Waals surface area contributed by atoms with Crippen LogP contribution in [0.5, 0.6) is 0 Å². The molecule has 0 saturated heterocycles. The minimum absolute atomic E-state index is 0.356. The van der Waals surface area contributed by atoms with Crippen LogP contribution in [0.15, 0.2) is 75.9 Å². The van der Waals surface area contributed by atoms with Gasteiger partial charge in [-0.3, -0.25) is 0 Å². The van der Waals surface area contributed by atoms with Crippen molar-refractivity contribution in [1.29, 1.82) is 0 Å². The molecule has 0 aliphatic rings. The van der Waals surface area contributed by atoms with E-state index < -0.39 is 41.9 Å². The van der Waals surface area contributed by atoms with E-state index in [0.29, 0.717) is 6.61 Å². The first-order valence-electron chi connectivity index (χ1n) is 8.44. The minimum atomic E-state index is -0.981. The fourth-order valence-electron chi connectivity index (χ4n) is 0.142. The van der Waals surface area contributed by atoms with Crippen LogP contribution in [0.3, 0.4) is 0 Å². The van der Waals surface area contributed by atoms with E-state index in [1.807, 2.05) is 0 Å². The van der Waals surface area contributed by atoms with Gasteiger partial charge in [-0.15, -0.1) is 0 Å². The molecular weight excluding hydrogens is 490 g/mol. The fraction of sp³-hybridized carbons (Fsp3) is 0.0952. The van der Waals surface area contributed by atoms with Crippen molar-refractivity contribution in [2.45, 2.75) is 6.92 Å². The first-order valence-corrected chi connectivity index (χ1v) is 8.44. The lowest BCUT2D eigenvalue weighted by Crippen LogP contribution is -2.11. The van der Waals surface area contributed by atoms with Crippen molar-refractivity contribution in [3.63, 3.8) is 0 Å². The lowest BCUT2D eigenvalue weighted by atomic mass is 10.7. The van der Waals surface area contributed by atoms with Gasteiger partial charge in [-0.05, 0) is 6.92 Å². The molecular formula is C21H31NO14. The van der Waals surface area contributed by atoms with Crippen LogP contribution in [-0.2, 0) is 33.5 Å². The van der Waals surface area contributed by atoms with Crippen LogP contribution in [0, 0.1) is 0 Å². The summed E-state index contributed by atoms with van der Waals surface area (Å²) in [5, 5.41) is 45.6. The average Bonchev–Trinajstić information content (AvgIpc) is 2.80. The molecule has 0 aliphatic carbocycles. The lowest BCUT2D eigenvalue weighted by molar-refractivity contribution is -0.132. The minimum Gasteiger partial charge on any atom is -0.478 e. The quantitative estimate of drug-likeness (QED) is 0.235. The van der Waals surface area contributed by atoms with E-state index in [2.05, 4.69) is 49.9 Å². The molecule has 0 atom stereocenters. The average molecular weight is 521 g/mol. The molecule has 0 aliphatic heterocycles. The molecule has 0 aromatic rings. The molecule has 0 rings (SSSR count). The van der Waals surface area contributed by atoms with Gasteiger partial charge in [0.2, 0.25) is 0 Å². The zero-order valence-electron chi connectivity index (χ0n) is 19.4. The van der Waals surface area contributed by atoms with Gasteiger partial charge < -0.3 is 41.1 Å². The smallest absolute Gasteiger partial charge is 0.404 e. The maximum atomic E-state index is 9.60. The molecule has 0 saturated carbocycles.